The number of nitrogens with zero attached hydrogens (tertiary/aromatic N) is 3. The number of hydrogen-bond donors (Lipinski definition) is 1. The van der Waals surface area contributed by atoms with E-state index in [1.165, 1.54) is 18.3 Å². The fourth-order valence-corrected chi connectivity index (χ4v) is 2.15. The van der Waals surface area contributed by atoms with Gasteiger partial charge < -0.3 is 19.8 Å². The number of H-pyrrole nitrogens is 1. The fourth-order valence-electron chi connectivity index (χ4n) is 2.15. The van der Waals surface area contributed by atoms with Crippen LogP contribution in [-0.4, -0.2) is 19.9 Å². The van der Waals surface area contributed by atoms with E-state index in [-0.39, 0.29) is 23.0 Å². The quantitative estimate of drug-likeness (QED) is 0.584. The predicted molar refractivity (Wildman–Crippen MR) is 82.3 cm³/mol. The Bertz CT molecular complexity index is 938. The molecule has 0 radical (unpaired) electrons. The standard InChI is InChI=1S/C15H12N4O4/c1-9(23-12-7-4-8-16-14(12)19(21)22)13-17-11-6-3-2-5-10(11)15(20)18-13/h2-9H,1H3,(H,17,18,20)/t9-/m0/s1. The topological polar surface area (TPSA) is 111 Å². The van der Waals surface area contributed by atoms with Crippen molar-refractivity contribution in [3.05, 3.63) is 68.9 Å². The minimum atomic E-state index is -0.685. The zero-order chi connectivity index (χ0) is 16.4. The molecular weight excluding hydrogens is 300 g/mol. The van der Waals surface area contributed by atoms with E-state index in [0.717, 1.165) is 0 Å². The summed E-state index contributed by atoms with van der Waals surface area (Å²) in [5, 5.41) is 11.4. The molecule has 116 valence electrons. The smallest absolute Gasteiger partial charge is 0.406 e. The van der Waals surface area contributed by atoms with Gasteiger partial charge in [-0.15, -0.1) is 0 Å². The van der Waals surface area contributed by atoms with E-state index in [9.17, 15) is 14.9 Å². The van der Waals surface area contributed by atoms with Gasteiger partial charge in [0.05, 0.1) is 10.9 Å². The fraction of sp³-hybridized carbons (Fsp3) is 0.133. The molecule has 0 saturated carbocycles. The highest BCUT2D eigenvalue weighted by molar-refractivity contribution is 5.77. The van der Waals surface area contributed by atoms with Crippen LogP contribution >= 0.6 is 0 Å². The van der Waals surface area contributed by atoms with Crippen LogP contribution in [0.2, 0.25) is 0 Å². The van der Waals surface area contributed by atoms with Crippen molar-refractivity contribution in [3.8, 4) is 5.75 Å². The van der Waals surface area contributed by atoms with Gasteiger partial charge in [-0.1, -0.05) is 12.1 Å². The number of benzene rings is 1. The summed E-state index contributed by atoms with van der Waals surface area (Å²) in [6.45, 7) is 1.64. The second-order valence-corrected chi connectivity index (χ2v) is 4.81. The van der Waals surface area contributed by atoms with Crippen LogP contribution < -0.4 is 10.3 Å². The molecule has 23 heavy (non-hydrogen) atoms. The van der Waals surface area contributed by atoms with Crippen molar-refractivity contribution in [3.63, 3.8) is 0 Å². The van der Waals surface area contributed by atoms with E-state index in [1.807, 2.05) is 0 Å². The number of rotatable bonds is 4. The molecule has 0 fully saturated rings. The van der Waals surface area contributed by atoms with E-state index in [0.29, 0.717) is 10.9 Å². The summed E-state index contributed by atoms with van der Waals surface area (Å²) < 4.78 is 5.56. The molecule has 0 aliphatic carbocycles. The van der Waals surface area contributed by atoms with Gasteiger partial charge in [0.1, 0.15) is 6.20 Å². The SMILES string of the molecule is C[C@H](Oc1cccnc1[N+](=O)[O-])c1nc2ccccc2c(=O)[nH]1. The van der Waals surface area contributed by atoms with Crippen LogP contribution in [0, 0.1) is 10.1 Å². The van der Waals surface area contributed by atoms with Crippen molar-refractivity contribution >= 4 is 16.7 Å². The lowest BCUT2D eigenvalue weighted by atomic mass is 10.2. The molecule has 3 aromatic rings. The lowest BCUT2D eigenvalue weighted by Gasteiger charge is -2.13. The van der Waals surface area contributed by atoms with Gasteiger partial charge in [-0.05, 0) is 41.1 Å². The zero-order valence-electron chi connectivity index (χ0n) is 12.1. The number of nitro groups is 1. The first-order valence-electron chi connectivity index (χ1n) is 6.81. The minimum absolute atomic E-state index is 0.0146. The van der Waals surface area contributed by atoms with Crippen LogP contribution in [0.5, 0.6) is 5.75 Å². The Labute approximate surface area is 129 Å². The molecule has 8 nitrogen and oxygen atoms in total. The first-order valence-corrected chi connectivity index (χ1v) is 6.81. The normalized spacial score (nSPS) is 12.0. The van der Waals surface area contributed by atoms with Gasteiger partial charge in [0, 0.05) is 0 Å². The van der Waals surface area contributed by atoms with Gasteiger partial charge in [-0.25, -0.2) is 4.98 Å². The van der Waals surface area contributed by atoms with Crippen LogP contribution in [0.4, 0.5) is 5.82 Å². The molecule has 0 unspecified atom stereocenters. The maximum Gasteiger partial charge on any atom is 0.406 e. The molecule has 3 rings (SSSR count). The zero-order valence-corrected chi connectivity index (χ0v) is 12.1. The van der Waals surface area contributed by atoms with Gasteiger partial charge in [-0.2, -0.15) is 0 Å². The molecule has 0 spiro atoms. The van der Waals surface area contributed by atoms with E-state index in [4.69, 9.17) is 4.74 Å². The summed E-state index contributed by atoms with van der Waals surface area (Å²) in [4.78, 5) is 33.0. The summed E-state index contributed by atoms with van der Waals surface area (Å²) in [5.41, 5.74) is 0.240. The first-order chi connectivity index (χ1) is 11.1. The lowest BCUT2D eigenvalue weighted by molar-refractivity contribution is -0.390. The molecular formula is C15H12N4O4. The Morgan fingerprint density at radius 3 is 2.83 bits per heavy atom. The van der Waals surface area contributed by atoms with E-state index < -0.39 is 11.0 Å². The molecule has 8 heteroatoms. The largest absolute Gasteiger partial charge is 0.474 e. The number of ether oxygens (including phenoxy) is 1. The average Bonchev–Trinajstić information content (AvgIpc) is 2.55. The highest BCUT2D eigenvalue weighted by atomic mass is 16.6. The van der Waals surface area contributed by atoms with E-state index in [1.54, 1.807) is 31.2 Å². The summed E-state index contributed by atoms with van der Waals surface area (Å²) in [6, 6.07) is 9.88. The Morgan fingerprint density at radius 2 is 2.04 bits per heavy atom. The molecule has 2 aromatic heterocycles. The van der Waals surface area contributed by atoms with Crippen molar-refractivity contribution in [1.29, 1.82) is 0 Å². The van der Waals surface area contributed by atoms with Gasteiger partial charge >= 0.3 is 5.82 Å². The number of pyridine rings is 1. The molecule has 0 bridgehead atoms. The highest BCUT2D eigenvalue weighted by Crippen LogP contribution is 2.27. The Balaban J connectivity index is 1.97. The highest BCUT2D eigenvalue weighted by Gasteiger charge is 2.20. The van der Waals surface area contributed by atoms with Crippen molar-refractivity contribution in [1.82, 2.24) is 15.0 Å². The molecule has 0 aliphatic heterocycles. The van der Waals surface area contributed by atoms with Crippen LogP contribution in [0.25, 0.3) is 10.9 Å². The second kappa shape index (κ2) is 5.84. The van der Waals surface area contributed by atoms with Crippen LogP contribution in [0.1, 0.15) is 18.9 Å². The molecule has 0 amide bonds. The van der Waals surface area contributed by atoms with Crippen molar-refractivity contribution in [2.45, 2.75) is 13.0 Å². The number of para-hydroxylation sites is 1. The Morgan fingerprint density at radius 1 is 1.26 bits per heavy atom. The summed E-state index contributed by atoms with van der Waals surface area (Å²) in [6.07, 6.45) is 0.626. The summed E-state index contributed by atoms with van der Waals surface area (Å²) >= 11 is 0. The Kier molecular flexibility index (Phi) is 3.71. The summed E-state index contributed by atoms with van der Waals surface area (Å²) in [7, 11) is 0. The number of nitrogens with one attached hydrogen (secondary N) is 1. The Hall–Kier alpha value is -3.29. The predicted octanol–water partition coefficient (Wildman–Crippen LogP) is 2.37. The third-order valence-corrected chi connectivity index (χ3v) is 3.24. The third kappa shape index (κ3) is 2.86. The molecule has 0 saturated heterocycles. The van der Waals surface area contributed by atoms with Crippen LogP contribution in [0.15, 0.2) is 47.4 Å². The van der Waals surface area contributed by atoms with Crippen molar-refractivity contribution in [2.24, 2.45) is 0 Å². The van der Waals surface area contributed by atoms with Gasteiger partial charge in [0.25, 0.3) is 5.56 Å². The van der Waals surface area contributed by atoms with Crippen LogP contribution in [0.3, 0.4) is 0 Å². The monoisotopic (exact) mass is 312 g/mol. The molecule has 1 atom stereocenters. The number of fused-ring (bicyclic) bond motifs is 1. The number of aromatic amines is 1. The van der Waals surface area contributed by atoms with Gasteiger partial charge in [-0.3, -0.25) is 4.79 Å². The van der Waals surface area contributed by atoms with Gasteiger partial charge in [0.2, 0.25) is 5.75 Å². The van der Waals surface area contributed by atoms with Crippen molar-refractivity contribution < 1.29 is 9.66 Å². The molecule has 0 aliphatic rings. The molecule has 1 aromatic carbocycles. The maximum absolute atomic E-state index is 12.1. The second-order valence-electron chi connectivity index (χ2n) is 4.81. The van der Waals surface area contributed by atoms with Crippen LogP contribution in [-0.2, 0) is 0 Å². The first kappa shape index (κ1) is 14.6. The summed E-state index contributed by atoms with van der Waals surface area (Å²) in [5.74, 6) is -0.0878. The third-order valence-electron chi connectivity index (χ3n) is 3.24. The minimum Gasteiger partial charge on any atom is -0.474 e. The van der Waals surface area contributed by atoms with Gasteiger partial charge in [0.15, 0.2) is 11.9 Å². The average molecular weight is 312 g/mol. The number of hydrogen-bond acceptors (Lipinski definition) is 6. The van der Waals surface area contributed by atoms with E-state index >= 15 is 0 Å². The van der Waals surface area contributed by atoms with E-state index in [2.05, 4.69) is 15.0 Å². The molecule has 2 heterocycles. The van der Waals surface area contributed by atoms with Crippen molar-refractivity contribution in [2.75, 3.05) is 0 Å². The lowest BCUT2D eigenvalue weighted by Crippen LogP contribution is -2.16. The number of aromatic nitrogens is 3. The molecule has 1 N–H and O–H groups in total. The maximum atomic E-state index is 12.1.